The number of nitrogens with one attached hydrogen (secondary N) is 1. The summed E-state index contributed by atoms with van der Waals surface area (Å²) < 4.78 is 0. The highest BCUT2D eigenvalue weighted by molar-refractivity contribution is 5.84. The number of hydrogen-bond acceptors (Lipinski definition) is 4. The van der Waals surface area contributed by atoms with E-state index in [2.05, 4.69) is 51.5 Å². The summed E-state index contributed by atoms with van der Waals surface area (Å²) in [5.74, 6) is 0.906. The molecule has 0 saturated heterocycles. The van der Waals surface area contributed by atoms with Gasteiger partial charge in [0.1, 0.15) is 12.1 Å². The molecule has 0 saturated carbocycles. The standard InChI is InChI=1S/C17H18N4/c1-3-5-14-16(20-11-21-17(14)18-2)13-8-7-12-6-4-9-19-15(12)10-13/h4,6-11H,3,5H2,1-2H3,(H,18,20,21). The lowest BCUT2D eigenvalue weighted by atomic mass is 10.0. The maximum absolute atomic E-state index is 4.50. The lowest BCUT2D eigenvalue weighted by molar-refractivity contribution is 0.906. The molecule has 0 unspecified atom stereocenters. The predicted octanol–water partition coefficient (Wildman–Crippen LogP) is 3.69. The minimum atomic E-state index is 0.906. The fourth-order valence-corrected chi connectivity index (χ4v) is 2.58. The fourth-order valence-electron chi connectivity index (χ4n) is 2.58. The zero-order chi connectivity index (χ0) is 14.7. The fraction of sp³-hybridized carbons (Fsp3) is 0.235. The van der Waals surface area contributed by atoms with Crippen molar-refractivity contribution in [1.29, 1.82) is 0 Å². The minimum Gasteiger partial charge on any atom is -0.373 e. The molecule has 4 heteroatoms. The van der Waals surface area contributed by atoms with Crippen LogP contribution in [0.15, 0.2) is 42.9 Å². The van der Waals surface area contributed by atoms with E-state index in [9.17, 15) is 0 Å². The summed E-state index contributed by atoms with van der Waals surface area (Å²) in [5.41, 5.74) is 4.23. The van der Waals surface area contributed by atoms with Crippen molar-refractivity contribution in [3.8, 4) is 11.3 Å². The Morgan fingerprint density at radius 1 is 1.10 bits per heavy atom. The lowest BCUT2D eigenvalue weighted by Gasteiger charge is -2.12. The van der Waals surface area contributed by atoms with Crippen molar-refractivity contribution in [3.63, 3.8) is 0 Å². The Morgan fingerprint density at radius 3 is 2.81 bits per heavy atom. The third-order valence-corrected chi connectivity index (χ3v) is 3.56. The number of hydrogen-bond donors (Lipinski definition) is 1. The Labute approximate surface area is 124 Å². The summed E-state index contributed by atoms with van der Waals surface area (Å²) in [7, 11) is 1.90. The molecule has 0 aliphatic heterocycles. The molecule has 0 spiro atoms. The van der Waals surface area contributed by atoms with Gasteiger partial charge in [-0.15, -0.1) is 0 Å². The number of nitrogens with zero attached hydrogens (tertiary/aromatic N) is 3. The molecule has 0 bridgehead atoms. The van der Waals surface area contributed by atoms with E-state index in [0.717, 1.165) is 46.4 Å². The summed E-state index contributed by atoms with van der Waals surface area (Å²) in [6, 6.07) is 10.3. The summed E-state index contributed by atoms with van der Waals surface area (Å²) in [5, 5.41) is 4.30. The molecule has 0 atom stereocenters. The number of anilines is 1. The molecule has 1 N–H and O–H groups in total. The van der Waals surface area contributed by atoms with Gasteiger partial charge in [0, 0.05) is 29.8 Å². The maximum atomic E-state index is 4.50. The van der Waals surface area contributed by atoms with Crippen molar-refractivity contribution in [1.82, 2.24) is 15.0 Å². The zero-order valence-corrected chi connectivity index (χ0v) is 12.3. The molecule has 4 nitrogen and oxygen atoms in total. The normalized spacial score (nSPS) is 10.8. The van der Waals surface area contributed by atoms with Gasteiger partial charge in [-0.2, -0.15) is 0 Å². The largest absolute Gasteiger partial charge is 0.373 e. The molecule has 0 amide bonds. The maximum Gasteiger partial charge on any atom is 0.132 e. The summed E-state index contributed by atoms with van der Waals surface area (Å²) in [6.07, 6.45) is 5.44. The van der Waals surface area contributed by atoms with E-state index in [1.807, 2.05) is 19.3 Å². The van der Waals surface area contributed by atoms with Crippen LogP contribution < -0.4 is 5.32 Å². The molecule has 0 aliphatic carbocycles. The Bertz CT molecular complexity index is 768. The Kier molecular flexibility index (Phi) is 3.77. The van der Waals surface area contributed by atoms with E-state index < -0.39 is 0 Å². The smallest absolute Gasteiger partial charge is 0.132 e. The molecule has 1 aromatic carbocycles. The molecule has 0 fully saturated rings. The van der Waals surface area contributed by atoms with Crippen LogP contribution in [0, 0.1) is 0 Å². The molecule has 0 radical (unpaired) electrons. The second-order valence-corrected chi connectivity index (χ2v) is 4.96. The molecule has 21 heavy (non-hydrogen) atoms. The first-order valence-electron chi connectivity index (χ1n) is 7.20. The molecular weight excluding hydrogens is 260 g/mol. The van der Waals surface area contributed by atoms with Crippen LogP contribution in [-0.2, 0) is 6.42 Å². The van der Waals surface area contributed by atoms with Crippen molar-refractivity contribution in [2.24, 2.45) is 0 Å². The van der Waals surface area contributed by atoms with Crippen LogP contribution in [0.1, 0.15) is 18.9 Å². The van der Waals surface area contributed by atoms with Crippen LogP contribution in [0.25, 0.3) is 22.2 Å². The molecule has 3 aromatic rings. The third kappa shape index (κ3) is 2.57. The number of benzene rings is 1. The second kappa shape index (κ2) is 5.87. The molecule has 0 aliphatic rings. The summed E-state index contributed by atoms with van der Waals surface area (Å²) >= 11 is 0. The summed E-state index contributed by atoms with van der Waals surface area (Å²) in [4.78, 5) is 13.3. The highest BCUT2D eigenvalue weighted by Gasteiger charge is 2.12. The highest BCUT2D eigenvalue weighted by atomic mass is 15.0. The highest BCUT2D eigenvalue weighted by Crippen LogP contribution is 2.28. The first-order chi connectivity index (χ1) is 10.3. The van der Waals surface area contributed by atoms with Crippen LogP contribution >= 0.6 is 0 Å². The Balaban J connectivity index is 2.17. The second-order valence-electron chi connectivity index (χ2n) is 4.96. The lowest BCUT2D eigenvalue weighted by Crippen LogP contribution is -2.03. The van der Waals surface area contributed by atoms with Crippen LogP contribution in [0.5, 0.6) is 0 Å². The van der Waals surface area contributed by atoms with E-state index in [0.29, 0.717) is 0 Å². The molecule has 2 aromatic heterocycles. The van der Waals surface area contributed by atoms with Crippen molar-refractivity contribution in [2.75, 3.05) is 12.4 Å². The van der Waals surface area contributed by atoms with Crippen LogP contribution in [-0.4, -0.2) is 22.0 Å². The van der Waals surface area contributed by atoms with Crippen molar-refractivity contribution in [2.45, 2.75) is 19.8 Å². The summed E-state index contributed by atoms with van der Waals surface area (Å²) in [6.45, 7) is 2.16. The van der Waals surface area contributed by atoms with E-state index >= 15 is 0 Å². The van der Waals surface area contributed by atoms with Gasteiger partial charge in [0.25, 0.3) is 0 Å². The van der Waals surface area contributed by atoms with Gasteiger partial charge in [-0.3, -0.25) is 4.98 Å². The van der Waals surface area contributed by atoms with E-state index in [1.54, 1.807) is 6.33 Å². The predicted molar refractivity (Wildman–Crippen MR) is 86.3 cm³/mol. The van der Waals surface area contributed by atoms with Gasteiger partial charge in [0.2, 0.25) is 0 Å². The molecule has 106 valence electrons. The van der Waals surface area contributed by atoms with Crippen molar-refractivity contribution >= 4 is 16.7 Å². The van der Waals surface area contributed by atoms with Gasteiger partial charge in [0.05, 0.1) is 11.2 Å². The average Bonchev–Trinajstić information content (AvgIpc) is 2.55. The Hall–Kier alpha value is -2.49. The van der Waals surface area contributed by atoms with Gasteiger partial charge in [-0.25, -0.2) is 9.97 Å². The van der Waals surface area contributed by atoms with Gasteiger partial charge in [0.15, 0.2) is 0 Å². The molecule has 3 rings (SSSR count). The first kappa shape index (κ1) is 13.5. The SMILES string of the molecule is CCCc1c(NC)ncnc1-c1ccc2cccnc2c1. The van der Waals surface area contributed by atoms with Crippen molar-refractivity contribution in [3.05, 3.63) is 48.4 Å². The molecule has 2 heterocycles. The molecular formula is C17H18N4. The zero-order valence-electron chi connectivity index (χ0n) is 12.3. The topological polar surface area (TPSA) is 50.7 Å². The van der Waals surface area contributed by atoms with E-state index in [4.69, 9.17) is 0 Å². The van der Waals surface area contributed by atoms with Crippen LogP contribution in [0.3, 0.4) is 0 Å². The van der Waals surface area contributed by atoms with Gasteiger partial charge in [-0.05, 0) is 18.6 Å². The number of aromatic nitrogens is 3. The quantitative estimate of drug-likeness (QED) is 0.791. The first-order valence-corrected chi connectivity index (χ1v) is 7.20. The van der Waals surface area contributed by atoms with Crippen LogP contribution in [0.4, 0.5) is 5.82 Å². The number of pyridine rings is 1. The monoisotopic (exact) mass is 278 g/mol. The van der Waals surface area contributed by atoms with E-state index in [1.165, 1.54) is 0 Å². The van der Waals surface area contributed by atoms with E-state index in [-0.39, 0.29) is 0 Å². The minimum absolute atomic E-state index is 0.906. The Morgan fingerprint density at radius 2 is 2.00 bits per heavy atom. The van der Waals surface area contributed by atoms with Gasteiger partial charge in [-0.1, -0.05) is 31.5 Å². The van der Waals surface area contributed by atoms with Gasteiger partial charge < -0.3 is 5.32 Å². The number of rotatable bonds is 4. The van der Waals surface area contributed by atoms with Crippen LogP contribution in [0.2, 0.25) is 0 Å². The third-order valence-electron chi connectivity index (χ3n) is 3.56. The number of fused-ring (bicyclic) bond motifs is 1. The average molecular weight is 278 g/mol. The van der Waals surface area contributed by atoms with Crippen molar-refractivity contribution < 1.29 is 0 Å². The van der Waals surface area contributed by atoms with Gasteiger partial charge >= 0.3 is 0 Å².